The van der Waals surface area contributed by atoms with Crippen molar-refractivity contribution in [3.63, 3.8) is 0 Å². The topological polar surface area (TPSA) is 80.9 Å². The van der Waals surface area contributed by atoms with Gasteiger partial charge in [0, 0.05) is 34.8 Å². The SMILES string of the molecule is Cc1ccc(Cn2cc(C=O)c3cc(-c4noc(=O)[nH]4)ccc32)cc1. The van der Waals surface area contributed by atoms with E-state index < -0.39 is 5.76 Å². The number of carbonyl (C=O) groups excluding carboxylic acids is 1. The van der Waals surface area contributed by atoms with Crippen LogP contribution in [-0.2, 0) is 6.54 Å². The van der Waals surface area contributed by atoms with Crippen LogP contribution >= 0.6 is 0 Å². The molecule has 0 aliphatic carbocycles. The molecule has 0 bridgehead atoms. The molecule has 0 atom stereocenters. The number of aldehydes is 1. The summed E-state index contributed by atoms with van der Waals surface area (Å²) in [5.74, 6) is -0.266. The summed E-state index contributed by atoms with van der Waals surface area (Å²) in [7, 11) is 0. The van der Waals surface area contributed by atoms with Gasteiger partial charge < -0.3 is 4.57 Å². The van der Waals surface area contributed by atoms with Crippen molar-refractivity contribution >= 4 is 17.2 Å². The van der Waals surface area contributed by atoms with Crippen LogP contribution in [0.4, 0.5) is 0 Å². The average molecular weight is 333 g/mol. The van der Waals surface area contributed by atoms with Gasteiger partial charge in [-0.05, 0) is 30.7 Å². The molecule has 0 spiro atoms. The molecule has 0 saturated heterocycles. The Kier molecular flexibility index (Phi) is 3.57. The zero-order valence-corrected chi connectivity index (χ0v) is 13.5. The van der Waals surface area contributed by atoms with Crippen LogP contribution in [0.25, 0.3) is 22.3 Å². The van der Waals surface area contributed by atoms with Gasteiger partial charge >= 0.3 is 5.76 Å². The fourth-order valence-electron chi connectivity index (χ4n) is 2.94. The number of aromatic amines is 1. The summed E-state index contributed by atoms with van der Waals surface area (Å²) < 4.78 is 6.59. The van der Waals surface area contributed by atoms with E-state index in [9.17, 15) is 9.59 Å². The fourth-order valence-corrected chi connectivity index (χ4v) is 2.94. The van der Waals surface area contributed by atoms with Gasteiger partial charge in [-0.3, -0.25) is 14.3 Å². The van der Waals surface area contributed by atoms with E-state index in [0.717, 1.165) is 22.8 Å². The third kappa shape index (κ3) is 2.78. The first-order valence-electron chi connectivity index (χ1n) is 7.84. The predicted octanol–water partition coefficient (Wildman–Crippen LogP) is 3.15. The standard InChI is InChI=1S/C19H15N3O3/c1-12-2-4-13(5-3-12)9-22-10-15(11-23)16-8-14(6-7-17(16)22)18-20-19(24)25-21-18/h2-8,10-11H,9H2,1H3,(H,20,21,24). The van der Waals surface area contributed by atoms with Gasteiger partial charge in [-0.2, -0.15) is 0 Å². The molecule has 0 aliphatic heterocycles. The third-order valence-electron chi connectivity index (χ3n) is 4.23. The second kappa shape index (κ2) is 5.90. The molecule has 0 aliphatic rings. The lowest BCUT2D eigenvalue weighted by atomic mass is 10.1. The Morgan fingerprint density at radius 3 is 2.68 bits per heavy atom. The highest BCUT2D eigenvalue weighted by molar-refractivity contribution is 5.99. The Balaban J connectivity index is 1.79. The zero-order chi connectivity index (χ0) is 17.4. The number of benzene rings is 2. The van der Waals surface area contributed by atoms with Gasteiger partial charge in [0.25, 0.3) is 0 Å². The van der Waals surface area contributed by atoms with Crippen LogP contribution in [0.15, 0.2) is 58.0 Å². The Labute approximate surface area is 142 Å². The quantitative estimate of drug-likeness (QED) is 0.582. The molecule has 2 aromatic carbocycles. The summed E-state index contributed by atoms with van der Waals surface area (Å²) >= 11 is 0. The lowest BCUT2D eigenvalue weighted by Gasteiger charge is -2.06. The number of carbonyl (C=O) groups is 1. The average Bonchev–Trinajstić information content (AvgIpc) is 3.20. The van der Waals surface area contributed by atoms with Gasteiger partial charge in [-0.15, -0.1) is 0 Å². The molecule has 0 amide bonds. The molecular formula is C19H15N3O3. The molecule has 0 radical (unpaired) electrons. The summed E-state index contributed by atoms with van der Waals surface area (Å²) in [6.45, 7) is 2.72. The molecular weight excluding hydrogens is 318 g/mol. The van der Waals surface area contributed by atoms with Crippen LogP contribution < -0.4 is 5.76 Å². The minimum absolute atomic E-state index is 0.343. The number of nitrogens with zero attached hydrogens (tertiary/aromatic N) is 2. The van der Waals surface area contributed by atoms with Crippen molar-refractivity contribution in [2.45, 2.75) is 13.5 Å². The summed E-state index contributed by atoms with van der Waals surface area (Å²) in [5, 5.41) is 4.50. The van der Waals surface area contributed by atoms with Crippen molar-refractivity contribution in [3.05, 3.63) is 75.9 Å². The van der Waals surface area contributed by atoms with E-state index in [4.69, 9.17) is 0 Å². The maximum atomic E-state index is 11.5. The first-order valence-corrected chi connectivity index (χ1v) is 7.84. The van der Waals surface area contributed by atoms with E-state index in [0.29, 0.717) is 23.5 Å². The molecule has 6 heteroatoms. The Bertz CT molecular complexity index is 1120. The number of H-pyrrole nitrogens is 1. The number of hydrogen-bond acceptors (Lipinski definition) is 4. The normalized spacial score (nSPS) is 11.1. The summed E-state index contributed by atoms with van der Waals surface area (Å²) in [5.41, 5.74) is 4.59. The number of hydrogen-bond donors (Lipinski definition) is 1. The molecule has 0 unspecified atom stereocenters. The minimum Gasteiger partial charge on any atom is -0.342 e. The first kappa shape index (κ1) is 15.1. The number of rotatable bonds is 4. The summed E-state index contributed by atoms with van der Waals surface area (Å²) in [4.78, 5) is 25.1. The van der Waals surface area contributed by atoms with Crippen molar-refractivity contribution in [1.82, 2.24) is 14.7 Å². The molecule has 124 valence electrons. The van der Waals surface area contributed by atoms with Gasteiger partial charge in [0.15, 0.2) is 12.1 Å². The zero-order valence-electron chi connectivity index (χ0n) is 13.5. The monoisotopic (exact) mass is 333 g/mol. The van der Waals surface area contributed by atoms with Crippen molar-refractivity contribution in [1.29, 1.82) is 0 Å². The van der Waals surface area contributed by atoms with Crippen molar-refractivity contribution < 1.29 is 9.32 Å². The van der Waals surface area contributed by atoms with Crippen LogP contribution in [0.2, 0.25) is 0 Å². The van der Waals surface area contributed by atoms with Crippen LogP contribution in [0.1, 0.15) is 21.5 Å². The maximum absolute atomic E-state index is 11.5. The molecule has 25 heavy (non-hydrogen) atoms. The minimum atomic E-state index is -0.609. The molecule has 6 nitrogen and oxygen atoms in total. The Hall–Kier alpha value is -3.41. The summed E-state index contributed by atoms with van der Waals surface area (Å²) in [6, 6.07) is 13.9. The second-order valence-electron chi connectivity index (χ2n) is 5.99. The van der Waals surface area contributed by atoms with E-state index in [1.165, 1.54) is 5.56 Å². The van der Waals surface area contributed by atoms with E-state index in [2.05, 4.69) is 45.9 Å². The van der Waals surface area contributed by atoms with Crippen LogP contribution in [0, 0.1) is 6.92 Å². The number of aryl methyl sites for hydroxylation is 1. The molecule has 2 aromatic heterocycles. The van der Waals surface area contributed by atoms with Gasteiger partial charge in [0.1, 0.15) is 0 Å². The lowest BCUT2D eigenvalue weighted by molar-refractivity contribution is 0.112. The first-order chi connectivity index (χ1) is 12.1. The third-order valence-corrected chi connectivity index (χ3v) is 4.23. The summed E-state index contributed by atoms with van der Waals surface area (Å²) in [6.07, 6.45) is 2.68. The Morgan fingerprint density at radius 1 is 1.20 bits per heavy atom. The number of aromatic nitrogens is 3. The highest BCUT2D eigenvalue weighted by Gasteiger charge is 2.12. The van der Waals surface area contributed by atoms with Gasteiger partial charge in [0.2, 0.25) is 0 Å². The molecule has 2 heterocycles. The molecule has 0 fully saturated rings. The predicted molar refractivity (Wildman–Crippen MR) is 93.7 cm³/mol. The van der Waals surface area contributed by atoms with Crippen molar-refractivity contribution in [3.8, 4) is 11.4 Å². The van der Waals surface area contributed by atoms with Crippen LogP contribution in [0.5, 0.6) is 0 Å². The van der Waals surface area contributed by atoms with E-state index in [-0.39, 0.29) is 0 Å². The molecule has 4 rings (SSSR count). The van der Waals surface area contributed by atoms with Crippen LogP contribution in [0.3, 0.4) is 0 Å². The Morgan fingerprint density at radius 2 is 2.00 bits per heavy atom. The smallest absolute Gasteiger partial charge is 0.342 e. The van der Waals surface area contributed by atoms with Crippen molar-refractivity contribution in [2.24, 2.45) is 0 Å². The molecule has 4 aromatic rings. The number of fused-ring (bicyclic) bond motifs is 1. The highest BCUT2D eigenvalue weighted by atomic mass is 16.5. The maximum Gasteiger partial charge on any atom is 0.439 e. The molecule has 0 saturated carbocycles. The van der Waals surface area contributed by atoms with Gasteiger partial charge in [0.05, 0.1) is 0 Å². The van der Waals surface area contributed by atoms with Gasteiger partial charge in [-0.25, -0.2) is 4.79 Å². The fraction of sp³-hybridized carbons (Fsp3) is 0.105. The van der Waals surface area contributed by atoms with Crippen molar-refractivity contribution in [2.75, 3.05) is 0 Å². The largest absolute Gasteiger partial charge is 0.439 e. The van der Waals surface area contributed by atoms with Crippen LogP contribution in [-0.4, -0.2) is 21.0 Å². The lowest BCUT2D eigenvalue weighted by Crippen LogP contribution is -1.98. The number of nitrogens with one attached hydrogen (secondary N) is 1. The molecule has 1 N–H and O–H groups in total. The van der Waals surface area contributed by atoms with E-state index >= 15 is 0 Å². The van der Waals surface area contributed by atoms with Gasteiger partial charge in [-0.1, -0.05) is 35.0 Å². The van der Waals surface area contributed by atoms with E-state index in [1.54, 1.807) is 0 Å². The van der Waals surface area contributed by atoms with E-state index in [1.807, 2.05) is 29.0 Å². The second-order valence-corrected chi connectivity index (χ2v) is 5.99. The highest BCUT2D eigenvalue weighted by Crippen LogP contribution is 2.26.